The Morgan fingerprint density at radius 1 is 0.950 bits per heavy atom. The van der Waals surface area contributed by atoms with Crippen molar-refractivity contribution in [2.24, 2.45) is 5.73 Å². The van der Waals surface area contributed by atoms with Gasteiger partial charge in [-0.05, 0) is 35.7 Å². The van der Waals surface area contributed by atoms with Crippen LogP contribution in [-0.4, -0.2) is 19.8 Å². The maximum atomic E-state index is 5.64. The van der Waals surface area contributed by atoms with Crippen molar-refractivity contribution in [1.29, 1.82) is 0 Å². The maximum Gasteiger partial charge on any atom is 0.119 e. The molecule has 0 aromatic heterocycles. The van der Waals surface area contributed by atoms with Gasteiger partial charge in [0.25, 0.3) is 0 Å². The molecule has 20 heavy (non-hydrogen) atoms. The van der Waals surface area contributed by atoms with Crippen molar-refractivity contribution in [3.05, 3.63) is 54.1 Å². The molecule has 106 valence electrons. The minimum atomic E-state index is 0.0958. The number of hydrogen-bond donors (Lipinski definition) is 1. The molecule has 0 bridgehead atoms. The highest BCUT2D eigenvalue weighted by molar-refractivity contribution is 5.64. The highest BCUT2D eigenvalue weighted by Crippen LogP contribution is 2.23. The fourth-order valence-electron chi connectivity index (χ4n) is 1.86. The van der Waals surface area contributed by atoms with E-state index < -0.39 is 0 Å². The van der Waals surface area contributed by atoms with Crippen LogP contribution in [0.1, 0.15) is 12.5 Å². The quantitative estimate of drug-likeness (QED) is 0.877. The van der Waals surface area contributed by atoms with Gasteiger partial charge in [0.05, 0.1) is 6.10 Å². The van der Waals surface area contributed by atoms with E-state index in [4.69, 9.17) is 15.2 Å². The summed E-state index contributed by atoms with van der Waals surface area (Å²) in [6.07, 6.45) is 0.0958. The zero-order valence-corrected chi connectivity index (χ0v) is 12.0. The topological polar surface area (TPSA) is 44.5 Å². The summed E-state index contributed by atoms with van der Waals surface area (Å²) in [6, 6.07) is 16.4. The molecule has 0 amide bonds. The van der Waals surface area contributed by atoms with E-state index >= 15 is 0 Å². The third kappa shape index (κ3) is 3.83. The van der Waals surface area contributed by atoms with Crippen LogP contribution in [0.3, 0.4) is 0 Å². The first-order valence-corrected chi connectivity index (χ1v) is 6.78. The summed E-state index contributed by atoms with van der Waals surface area (Å²) < 4.78 is 10.8. The van der Waals surface area contributed by atoms with E-state index in [-0.39, 0.29) is 6.10 Å². The number of methoxy groups -OCH3 is 1. The Morgan fingerprint density at radius 3 is 2.00 bits per heavy atom. The average Bonchev–Trinajstić information content (AvgIpc) is 2.53. The second-order valence-electron chi connectivity index (χ2n) is 4.78. The maximum absolute atomic E-state index is 5.64. The lowest BCUT2D eigenvalue weighted by Crippen LogP contribution is -2.15. The largest absolute Gasteiger partial charge is 0.491 e. The van der Waals surface area contributed by atoms with E-state index in [1.54, 1.807) is 7.11 Å². The average molecular weight is 271 g/mol. The van der Waals surface area contributed by atoms with Crippen molar-refractivity contribution >= 4 is 0 Å². The van der Waals surface area contributed by atoms with Crippen LogP contribution < -0.4 is 10.5 Å². The molecule has 0 radical (unpaired) electrons. The highest BCUT2D eigenvalue weighted by atomic mass is 16.5. The number of rotatable bonds is 6. The zero-order valence-electron chi connectivity index (χ0n) is 12.0. The molecule has 1 atom stereocenters. The lowest BCUT2D eigenvalue weighted by Gasteiger charge is -2.11. The highest BCUT2D eigenvalue weighted by Gasteiger charge is 2.02. The Bertz CT molecular complexity index is 520. The molecular formula is C17H21NO2. The summed E-state index contributed by atoms with van der Waals surface area (Å²) in [4.78, 5) is 0. The van der Waals surface area contributed by atoms with Crippen molar-refractivity contribution < 1.29 is 9.47 Å². The zero-order chi connectivity index (χ0) is 14.4. The summed E-state index contributed by atoms with van der Waals surface area (Å²) in [5.41, 5.74) is 9.09. The lowest BCUT2D eigenvalue weighted by molar-refractivity contribution is 0.0717. The summed E-state index contributed by atoms with van der Waals surface area (Å²) in [5.74, 6) is 0.858. The summed E-state index contributed by atoms with van der Waals surface area (Å²) in [7, 11) is 1.68. The molecule has 0 aliphatic carbocycles. The van der Waals surface area contributed by atoms with Crippen molar-refractivity contribution in [2.75, 3.05) is 13.7 Å². The molecule has 0 fully saturated rings. The van der Waals surface area contributed by atoms with Gasteiger partial charge in [0.2, 0.25) is 0 Å². The predicted octanol–water partition coefficient (Wildman–Crippen LogP) is 3.23. The Kier molecular flexibility index (Phi) is 5.16. The van der Waals surface area contributed by atoms with Gasteiger partial charge in [-0.15, -0.1) is 0 Å². The van der Waals surface area contributed by atoms with E-state index in [1.165, 1.54) is 11.1 Å². The van der Waals surface area contributed by atoms with Crippen LogP contribution in [0.5, 0.6) is 5.75 Å². The minimum absolute atomic E-state index is 0.0958. The van der Waals surface area contributed by atoms with Gasteiger partial charge in [0.1, 0.15) is 12.4 Å². The fourth-order valence-corrected chi connectivity index (χ4v) is 1.86. The van der Waals surface area contributed by atoms with E-state index in [9.17, 15) is 0 Å². The van der Waals surface area contributed by atoms with Crippen molar-refractivity contribution in [3.8, 4) is 16.9 Å². The first kappa shape index (κ1) is 14.6. The van der Waals surface area contributed by atoms with E-state index in [0.717, 1.165) is 11.3 Å². The molecular weight excluding hydrogens is 250 g/mol. The summed E-state index contributed by atoms with van der Waals surface area (Å²) >= 11 is 0. The fraction of sp³-hybridized carbons (Fsp3) is 0.294. The molecule has 0 aliphatic rings. The molecule has 0 spiro atoms. The van der Waals surface area contributed by atoms with Crippen molar-refractivity contribution in [1.82, 2.24) is 0 Å². The van der Waals surface area contributed by atoms with Gasteiger partial charge in [-0.1, -0.05) is 36.4 Å². The van der Waals surface area contributed by atoms with Crippen molar-refractivity contribution in [3.63, 3.8) is 0 Å². The minimum Gasteiger partial charge on any atom is -0.491 e. The van der Waals surface area contributed by atoms with Crippen LogP contribution in [0.2, 0.25) is 0 Å². The summed E-state index contributed by atoms with van der Waals surface area (Å²) in [5, 5.41) is 0. The van der Waals surface area contributed by atoms with E-state index in [2.05, 4.69) is 36.4 Å². The Morgan fingerprint density at radius 2 is 1.50 bits per heavy atom. The number of benzene rings is 2. The van der Waals surface area contributed by atoms with Crippen LogP contribution >= 0.6 is 0 Å². The molecule has 2 rings (SSSR count). The number of ether oxygens (including phenoxy) is 2. The third-order valence-electron chi connectivity index (χ3n) is 3.26. The van der Waals surface area contributed by atoms with Gasteiger partial charge in [0, 0.05) is 13.7 Å². The molecule has 2 N–H and O–H groups in total. The Balaban J connectivity index is 2.03. The molecule has 0 heterocycles. The van der Waals surface area contributed by atoms with Crippen molar-refractivity contribution in [2.45, 2.75) is 19.6 Å². The Labute approximate surface area is 120 Å². The van der Waals surface area contributed by atoms with Gasteiger partial charge in [-0.3, -0.25) is 0 Å². The first-order valence-electron chi connectivity index (χ1n) is 6.78. The number of hydrogen-bond acceptors (Lipinski definition) is 3. The van der Waals surface area contributed by atoms with Gasteiger partial charge in [-0.2, -0.15) is 0 Å². The van der Waals surface area contributed by atoms with Crippen LogP contribution in [0.15, 0.2) is 48.5 Å². The molecule has 2 aromatic carbocycles. The smallest absolute Gasteiger partial charge is 0.119 e. The van der Waals surface area contributed by atoms with Gasteiger partial charge in [-0.25, -0.2) is 0 Å². The third-order valence-corrected chi connectivity index (χ3v) is 3.26. The molecule has 0 saturated carbocycles. The molecule has 3 nitrogen and oxygen atoms in total. The first-order chi connectivity index (χ1) is 9.72. The molecule has 0 saturated heterocycles. The predicted molar refractivity (Wildman–Crippen MR) is 81.7 cm³/mol. The van der Waals surface area contributed by atoms with Crippen LogP contribution in [0.4, 0.5) is 0 Å². The second kappa shape index (κ2) is 7.08. The van der Waals surface area contributed by atoms with E-state index in [0.29, 0.717) is 13.2 Å². The van der Waals surface area contributed by atoms with Crippen LogP contribution in [0, 0.1) is 0 Å². The van der Waals surface area contributed by atoms with Crippen LogP contribution in [-0.2, 0) is 11.3 Å². The van der Waals surface area contributed by atoms with Gasteiger partial charge >= 0.3 is 0 Å². The molecule has 2 aromatic rings. The normalized spacial score (nSPS) is 12.2. The van der Waals surface area contributed by atoms with E-state index in [1.807, 2.05) is 19.1 Å². The standard InChI is InChI=1S/C17H21NO2/c1-13(19-2)12-20-17-9-7-16(8-10-17)15-5-3-14(11-18)4-6-15/h3-10,13H,11-12,18H2,1-2H3. The second-order valence-corrected chi connectivity index (χ2v) is 4.78. The molecule has 1 unspecified atom stereocenters. The number of nitrogens with two attached hydrogens (primary N) is 1. The SMILES string of the molecule is COC(C)COc1ccc(-c2ccc(CN)cc2)cc1. The van der Waals surface area contributed by atoms with Gasteiger partial charge in [0.15, 0.2) is 0 Å². The summed E-state index contributed by atoms with van der Waals surface area (Å²) in [6.45, 7) is 3.11. The molecule has 0 aliphatic heterocycles. The lowest BCUT2D eigenvalue weighted by atomic mass is 10.0. The Hall–Kier alpha value is -1.84. The van der Waals surface area contributed by atoms with Crippen LogP contribution in [0.25, 0.3) is 11.1 Å². The monoisotopic (exact) mass is 271 g/mol. The van der Waals surface area contributed by atoms with Gasteiger partial charge < -0.3 is 15.2 Å². The molecule has 3 heteroatoms.